The van der Waals surface area contributed by atoms with Gasteiger partial charge in [0.2, 0.25) is 5.95 Å². The maximum absolute atomic E-state index is 5.51. The number of nitrogens with two attached hydrogens (primary N) is 1. The van der Waals surface area contributed by atoms with Gasteiger partial charge in [0.25, 0.3) is 0 Å². The molecule has 0 aliphatic rings. The van der Waals surface area contributed by atoms with Crippen LogP contribution in [0, 0.1) is 0 Å². The first kappa shape index (κ1) is 11.1. The summed E-state index contributed by atoms with van der Waals surface area (Å²) in [5.74, 6) is 0.268. The second-order valence-electron chi connectivity index (χ2n) is 3.50. The van der Waals surface area contributed by atoms with Crippen LogP contribution in [0.25, 0.3) is 0 Å². The number of anilines is 1. The Bertz CT molecular complexity index is 500. The second kappa shape index (κ2) is 4.25. The Balaban J connectivity index is 2.26. The zero-order valence-electron chi connectivity index (χ0n) is 9.18. The van der Waals surface area contributed by atoms with E-state index in [-0.39, 0.29) is 5.95 Å². The van der Waals surface area contributed by atoms with Gasteiger partial charge in [0.15, 0.2) is 4.73 Å². The van der Waals surface area contributed by atoms with E-state index >= 15 is 0 Å². The lowest BCUT2D eigenvalue weighted by molar-refractivity contribution is 0.608. The first-order chi connectivity index (χ1) is 7.60. The fourth-order valence-corrected chi connectivity index (χ4v) is 1.87. The average molecular weight is 285 g/mol. The minimum atomic E-state index is 0.268. The molecule has 2 aromatic heterocycles. The molecular formula is C9H13BrN6. The van der Waals surface area contributed by atoms with Gasteiger partial charge in [0, 0.05) is 7.05 Å². The number of nitrogen functional groups attached to an aromatic ring is 1. The summed E-state index contributed by atoms with van der Waals surface area (Å²) in [6.07, 6.45) is 0.925. The predicted molar refractivity (Wildman–Crippen MR) is 63.8 cm³/mol. The van der Waals surface area contributed by atoms with Gasteiger partial charge in [0.05, 0.1) is 17.9 Å². The Morgan fingerprint density at radius 1 is 1.44 bits per heavy atom. The van der Waals surface area contributed by atoms with Crippen molar-refractivity contribution in [2.75, 3.05) is 5.73 Å². The lowest BCUT2D eigenvalue weighted by Gasteiger charge is -2.01. The summed E-state index contributed by atoms with van der Waals surface area (Å²) in [4.78, 5) is 3.98. The molecule has 0 amide bonds. The van der Waals surface area contributed by atoms with Gasteiger partial charge in [-0.05, 0) is 28.4 Å². The highest BCUT2D eigenvalue weighted by Crippen LogP contribution is 2.12. The molecule has 2 rings (SSSR count). The maximum Gasteiger partial charge on any atom is 0.240 e. The van der Waals surface area contributed by atoms with E-state index in [9.17, 15) is 0 Å². The second-order valence-corrected chi connectivity index (χ2v) is 4.21. The van der Waals surface area contributed by atoms with Crippen LogP contribution in [0.3, 0.4) is 0 Å². The molecule has 0 unspecified atom stereocenters. The van der Waals surface area contributed by atoms with Gasteiger partial charge in [-0.15, -0.1) is 5.10 Å². The van der Waals surface area contributed by atoms with Crippen molar-refractivity contribution in [3.63, 3.8) is 0 Å². The minimum Gasteiger partial charge on any atom is -0.366 e. The van der Waals surface area contributed by atoms with Crippen LogP contribution >= 0.6 is 15.9 Å². The van der Waals surface area contributed by atoms with Gasteiger partial charge in [-0.2, -0.15) is 10.1 Å². The zero-order valence-corrected chi connectivity index (χ0v) is 10.8. The fraction of sp³-hybridized carbons (Fsp3) is 0.444. The van der Waals surface area contributed by atoms with Gasteiger partial charge >= 0.3 is 0 Å². The Morgan fingerprint density at radius 3 is 2.69 bits per heavy atom. The van der Waals surface area contributed by atoms with Crippen LogP contribution in [0.2, 0.25) is 0 Å². The summed E-state index contributed by atoms with van der Waals surface area (Å²) < 4.78 is 4.18. The van der Waals surface area contributed by atoms with Crippen molar-refractivity contribution >= 4 is 21.9 Å². The van der Waals surface area contributed by atoms with E-state index in [1.165, 1.54) is 0 Å². The lowest BCUT2D eigenvalue weighted by Crippen LogP contribution is -2.07. The Kier molecular flexibility index (Phi) is 2.95. The maximum atomic E-state index is 5.51. The van der Waals surface area contributed by atoms with Gasteiger partial charge in [-0.25, -0.2) is 4.68 Å². The molecule has 7 heteroatoms. The molecular weight excluding hydrogens is 272 g/mol. The van der Waals surface area contributed by atoms with Crippen molar-refractivity contribution in [3.8, 4) is 0 Å². The average Bonchev–Trinajstić information content (AvgIpc) is 2.72. The minimum absolute atomic E-state index is 0.268. The van der Waals surface area contributed by atoms with Crippen molar-refractivity contribution in [2.45, 2.75) is 19.9 Å². The van der Waals surface area contributed by atoms with Gasteiger partial charge < -0.3 is 5.73 Å². The molecule has 0 fully saturated rings. The summed E-state index contributed by atoms with van der Waals surface area (Å²) in [7, 11) is 1.92. The first-order valence-corrected chi connectivity index (χ1v) is 5.77. The number of hydrogen-bond acceptors (Lipinski definition) is 4. The van der Waals surface area contributed by atoms with Crippen LogP contribution in [0.15, 0.2) is 10.8 Å². The van der Waals surface area contributed by atoms with Crippen LogP contribution in [0.5, 0.6) is 0 Å². The van der Waals surface area contributed by atoms with Crippen LogP contribution in [0.4, 0.5) is 5.95 Å². The Hall–Kier alpha value is -1.37. The Morgan fingerprint density at radius 2 is 2.19 bits per heavy atom. The van der Waals surface area contributed by atoms with Crippen molar-refractivity contribution in [1.82, 2.24) is 24.5 Å². The van der Waals surface area contributed by atoms with Crippen LogP contribution < -0.4 is 5.73 Å². The van der Waals surface area contributed by atoms with E-state index < -0.39 is 0 Å². The molecule has 0 aliphatic carbocycles. The SMILES string of the molecule is CCc1cc(Cn2nc(N)nc2Br)n(C)n1. The van der Waals surface area contributed by atoms with Gasteiger partial charge in [-0.1, -0.05) is 6.92 Å². The molecule has 0 atom stereocenters. The van der Waals surface area contributed by atoms with E-state index in [0.717, 1.165) is 17.8 Å². The molecule has 0 saturated heterocycles. The van der Waals surface area contributed by atoms with Gasteiger partial charge in [0.1, 0.15) is 0 Å². The largest absolute Gasteiger partial charge is 0.366 e. The first-order valence-electron chi connectivity index (χ1n) is 4.97. The van der Waals surface area contributed by atoms with Crippen LogP contribution in [-0.2, 0) is 20.0 Å². The molecule has 86 valence electrons. The highest BCUT2D eigenvalue weighted by Gasteiger charge is 2.09. The van der Waals surface area contributed by atoms with Crippen molar-refractivity contribution in [3.05, 3.63) is 22.2 Å². The van der Waals surface area contributed by atoms with E-state index in [0.29, 0.717) is 11.3 Å². The fourth-order valence-electron chi connectivity index (χ4n) is 1.49. The van der Waals surface area contributed by atoms with E-state index in [2.05, 4.69) is 44.1 Å². The van der Waals surface area contributed by atoms with Gasteiger partial charge in [-0.3, -0.25) is 4.68 Å². The van der Waals surface area contributed by atoms with E-state index in [4.69, 9.17) is 5.73 Å². The number of halogens is 1. The highest BCUT2D eigenvalue weighted by molar-refractivity contribution is 9.10. The highest BCUT2D eigenvalue weighted by atomic mass is 79.9. The lowest BCUT2D eigenvalue weighted by atomic mass is 10.3. The molecule has 0 saturated carbocycles. The van der Waals surface area contributed by atoms with Crippen LogP contribution in [-0.4, -0.2) is 24.5 Å². The molecule has 0 aliphatic heterocycles. The number of rotatable bonds is 3. The third-order valence-electron chi connectivity index (χ3n) is 2.34. The molecule has 2 aromatic rings. The molecule has 2 N–H and O–H groups in total. The summed E-state index contributed by atoms with van der Waals surface area (Å²) in [5.41, 5.74) is 7.65. The van der Waals surface area contributed by atoms with Crippen molar-refractivity contribution < 1.29 is 0 Å². The molecule has 6 nitrogen and oxygen atoms in total. The third-order valence-corrected chi connectivity index (χ3v) is 2.93. The topological polar surface area (TPSA) is 74.6 Å². The zero-order chi connectivity index (χ0) is 11.7. The molecule has 16 heavy (non-hydrogen) atoms. The van der Waals surface area contributed by atoms with E-state index in [1.54, 1.807) is 4.68 Å². The standard InChI is InChI=1S/C9H13BrN6/c1-3-6-4-7(15(2)13-6)5-16-8(10)12-9(11)14-16/h4H,3,5H2,1-2H3,(H2,11,14). The summed E-state index contributed by atoms with van der Waals surface area (Å²) in [6, 6.07) is 2.06. The van der Waals surface area contributed by atoms with Crippen molar-refractivity contribution in [2.24, 2.45) is 7.05 Å². The molecule has 0 spiro atoms. The third kappa shape index (κ3) is 2.08. The molecule has 0 radical (unpaired) electrons. The Labute approximate surface area is 102 Å². The smallest absolute Gasteiger partial charge is 0.240 e. The number of nitrogens with zero attached hydrogens (tertiary/aromatic N) is 5. The van der Waals surface area contributed by atoms with Crippen molar-refractivity contribution in [1.29, 1.82) is 0 Å². The number of aromatic nitrogens is 5. The quantitative estimate of drug-likeness (QED) is 0.911. The molecule has 2 heterocycles. The van der Waals surface area contributed by atoms with Crippen LogP contribution in [0.1, 0.15) is 18.3 Å². The summed E-state index contributed by atoms with van der Waals surface area (Å²) in [5, 5.41) is 8.45. The summed E-state index contributed by atoms with van der Waals surface area (Å²) in [6.45, 7) is 2.68. The van der Waals surface area contributed by atoms with E-state index in [1.807, 2.05) is 11.7 Å². The molecule has 0 bridgehead atoms. The summed E-state index contributed by atoms with van der Waals surface area (Å²) >= 11 is 3.30. The monoisotopic (exact) mass is 284 g/mol. The number of hydrogen-bond donors (Lipinski definition) is 1. The normalized spacial score (nSPS) is 10.9. The predicted octanol–water partition coefficient (Wildman–Crippen LogP) is 0.967. The molecule has 0 aromatic carbocycles. The number of aryl methyl sites for hydroxylation is 2.